The van der Waals surface area contributed by atoms with E-state index >= 15 is 0 Å². The molecular formula is C19H30N6O2. The molecule has 4 heterocycles. The predicted octanol–water partition coefficient (Wildman–Crippen LogP) is 1.24. The monoisotopic (exact) mass is 374 g/mol. The standard InChI is InChI=1S/C19H30N6O2/c1-3-5-17-21-18-16(12-20-23(18)2)19(22-17)25-6-4-9-27-15(14-25)13-24-7-10-26-11-8-24/h12,15H,3-11,13-14H2,1-2H3/t15-/m1/s1. The summed E-state index contributed by atoms with van der Waals surface area (Å²) >= 11 is 0. The third kappa shape index (κ3) is 4.23. The third-order valence-corrected chi connectivity index (χ3v) is 5.31. The molecular weight excluding hydrogens is 344 g/mol. The average Bonchev–Trinajstić information content (AvgIpc) is 2.90. The van der Waals surface area contributed by atoms with Crippen LogP contribution in [0.1, 0.15) is 25.6 Å². The third-order valence-electron chi connectivity index (χ3n) is 5.31. The number of rotatable bonds is 5. The molecule has 8 heteroatoms. The topological polar surface area (TPSA) is 68.5 Å². The van der Waals surface area contributed by atoms with E-state index in [1.807, 2.05) is 17.9 Å². The fourth-order valence-corrected chi connectivity index (χ4v) is 3.90. The van der Waals surface area contributed by atoms with Crippen LogP contribution in [0, 0.1) is 0 Å². The Morgan fingerprint density at radius 3 is 2.81 bits per heavy atom. The van der Waals surface area contributed by atoms with E-state index < -0.39 is 0 Å². The highest BCUT2D eigenvalue weighted by Gasteiger charge is 2.25. The van der Waals surface area contributed by atoms with Crippen molar-refractivity contribution < 1.29 is 9.47 Å². The first-order valence-electron chi connectivity index (χ1n) is 10.1. The first-order chi connectivity index (χ1) is 13.2. The predicted molar refractivity (Wildman–Crippen MR) is 104 cm³/mol. The molecule has 0 radical (unpaired) electrons. The minimum Gasteiger partial charge on any atom is -0.379 e. The normalized spacial score (nSPS) is 22.3. The summed E-state index contributed by atoms with van der Waals surface area (Å²) in [5, 5.41) is 5.45. The Morgan fingerprint density at radius 2 is 2.00 bits per heavy atom. The summed E-state index contributed by atoms with van der Waals surface area (Å²) in [5.74, 6) is 1.91. The van der Waals surface area contributed by atoms with Gasteiger partial charge in [-0.3, -0.25) is 9.58 Å². The molecule has 0 N–H and O–H groups in total. The smallest absolute Gasteiger partial charge is 0.163 e. The van der Waals surface area contributed by atoms with Gasteiger partial charge in [0.05, 0.1) is 30.9 Å². The number of hydrogen-bond donors (Lipinski definition) is 0. The molecule has 0 unspecified atom stereocenters. The van der Waals surface area contributed by atoms with Crippen molar-refractivity contribution in [2.24, 2.45) is 7.05 Å². The van der Waals surface area contributed by atoms with Crippen molar-refractivity contribution >= 4 is 16.9 Å². The van der Waals surface area contributed by atoms with E-state index in [0.717, 1.165) is 94.5 Å². The molecule has 2 fully saturated rings. The zero-order chi connectivity index (χ0) is 18.6. The molecule has 2 aliphatic heterocycles. The molecule has 0 aromatic carbocycles. The fourth-order valence-electron chi connectivity index (χ4n) is 3.90. The Labute approximate surface area is 160 Å². The van der Waals surface area contributed by atoms with Crippen molar-refractivity contribution in [3.05, 3.63) is 12.0 Å². The molecule has 2 aromatic heterocycles. The molecule has 8 nitrogen and oxygen atoms in total. The SMILES string of the molecule is CCCc1nc(N2CCCO[C@H](CN3CCOCC3)C2)c2cnn(C)c2n1. The fraction of sp³-hybridized carbons (Fsp3) is 0.737. The second-order valence-corrected chi connectivity index (χ2v) is 7.42. The van der Waals surface area contributed by atoms with Gasteiger partial charge in [0.2, 0.25) is 0 Å². The van der Waals surface area contributed by atoms with Gasteiger partial charge in [-0.2, -0.15) is 5.10 Å². The lowest BCUT2D eigenvalue weighted by Gasteiger charge is -2.32. The highest BCUT2D eigenvalue weighted by atomic mass is 16.5. The second-order valence-electron chi connectivity index (χ2n) is 7.42. The van der Waals surface area contributed by atoms with E-state index in [-0.39, 0.29) is 6.10 Å². The molecule has 0 aliphatic carbocycles. The number of ether oxygens (including phenoxy) is 2. The molecule has 1 atom stereocenters. The Bertz CT molecular complexity index is 758. The van der Waals surface area contributed by atoms with Gasteiger partial charge in [0.15, 0.2) is 5.65 Å². The van der Waals surface area contributed by atoms with Gasteiger partial charge in [-0.15, -0.1) is 0 Å². The number of fused-ring (bicyclic) bond motifs is 1. The average molecular weight is 374 g/mol. The van der Waals surface area contributed by atoms with E-state index in [1.165, 1.54) is 0 Å². The van der Waals surface area contributed by atoms with Crippen molar-refractivity contribution in [3.63, 3.8) is 0 Å². The maximum absolute atomic E-state index is 6.16. The van der Waals surface area contributed by atoms with Crippen LogP contribution in [0.25, 0.3) is 11.0 Å². The first kappa shape index (κ1) is 18.6. The van der Waals surface area contributed by atoms with Crippen LogP contribution in [-0.2, 0) is 22.9 Å². The molecule has 27 heavy (non-hydrogen) atoms. The van der Waals surface area contributed by atoms with E-state index in [9.17, 15) is 0 Å². The quantitative estimate of drug-likeness (QED) is 0.780. The zero-order valence-electron chi connectivity index (χ0n) is 16.4. The van der Waals surface area contributed by atoms with Crippen molar-refractivity contribution in [2.45, 2.75) is 32.3 Å². The Balaban J connectivity index is 1.58. The van der Waals surface area contributed by atoms with Crippen LogP contribution in [0.3, 0.4) is 0 Å². The van der Waals surface area contributed by atoms with Gasteiger partial charge >= 0.3 is 0 Å². The minimum absolute atomic E-state index is 0.182. The van der Waals surface area contributed by atoms with Crippen molar-refractivity contribution in [1.29, 1.82) is 0 Å². The van der Waals surface area contributed by atoms with Gasteiger partial charge in [-0.05, 0) is 12.8 Å². The van der Waals surface area contributed by atoms with Crippen molar-refractivity contribution in [3.8, 4) is 0 Å². The number of nitrogens with zero attached hydrogens (tertiary/aromatic N) is 6. The maximum atomic E-state index is 6.16. The van der Waals surface area contributed by atoms with E-state index in [4.69, 9.17) is 19.4 Å². The lowest BCUT2D eigenvalue weighted by atomic mass is 10.2. The lowest BCUT2D eigenvalue weighted by molar-refractivity contribution is -0.00508. The molecule has 2 aliphatic rings. The molecule has 2 aromatic rings. The van der Waals surface area contributed by atoms with Gasteiger partial charge in [-0.25, -0.2) is 9.97 Å². The number of aryl methyl sites for hydroxylation is 2. The molecule has 0 bridgehead atoms. The summed E-state index contributed by atoms with van der Waals surface area (Å²) in [6, 6.07) is 0. The Morgan fingerprint density at radius 1 is 1.15 bits per heavy atom. The molecule has 148 valence electrons. The minimum atomic E-state index is 0.182. The lowest BCUT2D eigenvalue weighted by Crippen LogP contribution is -2.45. The molecule has 2 saturated heterocycles. The summed E-state index contributed by atoms with van der Waals surface area (Å²) in [7, 11) is 1.95. The van der Waals surface area contributed by atoms with Gasteiger partial charge in [-0.1, -0.05) is 6.92 Å². The van der Waals surface area contributed by atoms with Crippen LogP contribution in [-0.4, -0.2) is 83.3 Å². The molecule has 0 spiro atoms. The first-order valence-corrected chi connectivity index (χ1v) is 10.1. The van der Waals surface area contributed by atoms with Gasteiger partial charge in [0.25, 0.3) is 0 Å². The number of aromatic nitrogens is 4. The Kier molecular flexibility index (Phi) is 5.85. The largest absolute Gasteiger partial charge is 0.379 e. The van der Waals surface area contributed by atoms with Gasteiger partial charge in [0, 0.05) is 52.8 Å². The van der Waals surface area contributed by atoms with Crippen LogP contribution in [0.5, 0.6) is 0 Å². The van der Waals surface area contributed by atoms with E-state index in [2.05, 4.69) is 21.8 Å². The second kappa shape index (κ2) is 8.50. The molecule has 0 amide bonds. The van der Waals surface area contributed by atoms with Crippen molar-refractivity contribution in [2.75, 3.05) is 57.4 Å². The summed E-state index contributed by atoms with van der Waals surface area (Å²) in [4.78, 5) is 14.5. The van der Waals surface area contributed by atoms with Crippen LogP contribution >= 0.6 is 0 Å². The van der Waals surface area contributed by atoms with Crippen LogP contribution in [0.2, 0.25) is 0 Å². The number of morpholine rings is 1. The summed E-state index contributed by atoms with van der Waals surface area (Å²) in [6.07, 6.45) is 5.00. The van der Waals surface area contributed by atoms with Crippen LogP contribution < -0.4 is 4.90 Å². The van der Waals surface area contributed by atoms with Crippen LogP contribution in [0.4, 0.5) is 5.82 Å². The summed E-state index contributed by atoms with van der Waals surface area (Å²) in [5.41, 5.74) is 0.915. The molecule has 4 rings (SSSR count). The van der Waals surface area contributed by atoms with Gasteiger partial charge < -0.3 is 14.4 Å². The summed E-state index contributed by atoms with van der Waals surface area (Å²) < 4.78 is 13.5. The number of hydrogen-bond acceptors (Lipinski definition) is 7. The Hall–Kier alpha value is -1.77. The zero-order valence-corrected chi connectivity index (χ0v) is 16.4. The maximum Gasteiger partial charge on any atom is 0.163 e. The highest BCUT2D eigenvalue weighted by molar-refractivity contribution is 5.87. The van der Waals surface area contributed by atoms with Crippen molar-refractivity contribution in [1.82, 2.24) is 24.6 Å². The summed E-state index contributed by atoms with van der Waals surface area (Å²) in [6.45, 7) is 9.32. The van der Waals surface area contributed by atoms with E-state index in [0.29, 0.717) is 0 Å². The van der Waals surface area contributed by atoms with Crippen LogP contribution in [0.15, 0.2) is 6.20 Å². The number of anilines is 1. The highest BCUT2D eigenvalue weighted by Crippen LogP contribution is 2.26. The van der Waals surface area contributed by atoms with E-state index in [1.54, 1.807) is 0 Å². The van der Waals surface area contributed by atoms with Gasteiger partial charge in [0.1, 0.15) is 11.6 Å². The molecule has 0 saturated carbocycles.